The zero-order chi connectivity index (χ0) is 12.8. The molecular formula is C9H14ClN5O2. The molecular weight excluding hydrogens is 246 g/mol. The van der Waals surface area contributed by atoms with Crippen LogP contribution in [0.5, 0.6) is 0 Å². The minimum absolute atomic E-state index is 0.00860. The van der Waals surface area contributed by atoms with Gasteiger partial charge in [0.2, 0.25) is 11.1 Å². The minimum Gasteiger partial charge on any atom is -0.364 e. The quantitative estimate of drug-likeness (QED) is 0.360. The molecule has 1 N–H and O–H groups in total. The van der Waals surface area contributed by atoms with E-state index in [0.29, 0.717) is 6.54 Å². The van der Waals surface area contributed by atoms with E-state index in [-0.39, 0.29) is 16.8 Å². The summed E-state index contributed by atoms with van der Waals surface area (Å²) in [6.07, 6.45) is 1.95. The molecule has 0 aliphatic rings. The summed E-state index contributed by atoms with van der Waals surface area (Å²) >= 11 is 5.59. The van der Waals surface area contributed by atoms with Gasteiger partial charge in [0, 0.05) is 6.54 Å². The Morgan fingerprint density at radius 2 is 2.29 bits per heavy atom. The Kier molecular flexibility index (Phi) is 5.05. The number of anilines is 1. The summed E-state index contributed by atoms with van der Waals surface area (Å²) < 4.78 is 0. The van der Waals surface area contributed by atoms with Crippen LogP contribution in [0.25, 0.3) is 0 Å². The normalized spacial score (nSPS) is 10.6. The molecule has 1 aromatic rings. The zero-order valence-electron chi connectivity index (χ0n) is 9.68. The number of nitrogens with zero attached hydrogens (tertiary/aromatic N) is 4. The molecule has 0 aliphatic carbocycles. The van der Waals surface area contributed by atoms with Gasteiger partial charge in [0.15, 0.2) is 0 Å². The Morgan fingerprint density at radius 3 is 2.88 bits per heavy atom. The number of hydrogen-bond acceptors (Lipinski definition) is 6. The summed E-state index contributed by atoms with van der Waals surface area (Å²) in [6, 6.07) is 0. The smallest absolute Gasteiger partial charge is 0.329 e. The minimum atomic E-state index is -0.537. The van der Waals surface area contributed by atoms with E-state index >= 15 is 0 Å². The molecule has 0 amide bonds. The maximum Gasteiger partial charge on any atom is 0.329 e. The first kappa shape index (κ1) is 13.6. The molecule has 0 bridgehead atoms. The summed E-state index contributed by atoms with van der Waals surface area (Å²) in [7, 11) is 3.92. The van der Waals surface area contributed by atoms with Gasteiger partial charge in [-0.2, -0.15) is 4.98 Å². The van der Waals surface area contributed by atoms with Crippen LogP contribution in [-0.4, -0.2) is 47.0 Å². The van der Waals surface area contributed by atoms with Gasteiger partial charge in [-0.3, -0.25) is 10.1 Å². The lowest BCUT2D eigenvalue weighted by Crippen LogP contribution is -2.17. The van der Waals surface area contributed by atoms with E-state index < -0.39 is 4.92 Å². The van der Waals surface area contributed by atoms with Gasteiger partial charge in [-0.1, -0.05) is 0 Å². The third-order valence-electron chi connectivity index (χ3n) is 2.01. The average molecular weight is 260 g/mol. The lowest BCUT2D eigenvalue weighted by molar-refractivity contribution is -0.384. The predicted octanol–water partition coefficient (Wildman–Crippen LogP) is 1.40. The Hall–Kier alpha value is -1.47. The Morgan fingerprint density at radius 1 is 1.59 bits per heavy atom. The van der Waals surface area contributed by atoms with Gasteiger partial charge in [-0.05, 0) is 38.7 Å². The van der Waals surface area contributed by atoms with Crippen LogP contribution in [-0.2, 0) is 0 Å². The molecule has 0 spiro atoms. The van der Waals surface area contributed by atoms with Gasteiger partial charge in [0.25, 0.3) is 0 Å². The highest BCUT2D eigenvalue weighted by atomic mass is 35.5. The SMILES string of the molecule is CN(C)CCCNc1nc(Cl)ncc1[N+](=O)[O-]. The van der Waals surface area contributed by atoms with Crippen LogP contribution in [0.1, 0.15) is 6.42 Å². The molecule has 17 heavy (non-hydrogen) atoms. The molecule has 0 saturated heterocycles. The molecule has 94 valence electrons. The van der Waals surface area contributed by atoms with Gasteiger partial charge >= 0.3 is 5.69 Å². The van der Waals surface area contributed by atoms with Crippen molar-refractivity contribution in [1.29, 1.82) is 0 Å². The Balaban J connectivity index is 2.62. The fraction of sp³-hybridized carbons (Fsp3) is 0.556. The molecule has 7 nitrogen and oxygen atoms in total. The number of nitrogens with one attached hydrogen (secondary N) is 1. The van der Waals surface area contributed by atoms with Gasteiger partial charge in [-0.25, -0.2) is 4.98 Å². The number of aromatic nitrogens is 2. The van der Waals surface area contributed by atoms with Gasteiger partial charge < -0.3 is 10.2 Å². The van der Waals surface area contributed by atoms with Crippen LogP contribution in [0.15, 0.2) is 6.20 Å². The fourth-order valence-electron chi connectivity index (χ4n) is 1.22. The molecule has 0 saturated carbocycles. The van der Waals surface area contributed by atoms with E-state index in [1.165, 1.54) is 0 Å². The molecule has 1 aromatic heterocycles. The second kappa shape index (κ2) is 6.31. The van der Waals surface area contributed by atoms with Crippen molar-refractivity contribution < 1.29 is 4.92 Å². The highest BCUT2D eigenvalue weighted by molar-refractivity contribution is 6.28. The monoisotopic (exact) mass is 259 g/mol. The largest absolute Gasteiger partial charge is 0.364 e. The van der Waals surface area contributed by atoms with E-state index in [1.807, 2.05) is 19.0 Å². The molecule has 0 atom stereocenters. The lowest BCUT2D eigenvalue weighted by atomic mass is 10.4. The number of halogens is 1. The molecule has 8 heteroatoms. The van der Waals surface area contributed by atoms with Crippen molar-refractivity contribution in [2.75, 3.05) is 32.5 Å². The first-order chi connectivity index (χ1) is 8.00. The van der Waals surface area contributed by atoms with Gasteiger partial charge in [0.1, 0.15) is 6.20 Å². The van der Waals surface area contributed by atoms with Crippen molar-refractivity contribution in [2.45, 2.75) is 6.42 Å². The summed E-state index contributed by atoms with van der Waals surface area (Å²) in [5, 5.41) is 13.6. The second-order valence-electron chi connectivity index (χ2n) is 3.71. The molecule has 0 aliphatic heterocycles. The molecule has 0 unspecified atom stereocenters. The number of rotatable bonds is 6. The first-order valence-corrected chi connectivity index (χ1v) is 5.44. The van der Waals surface area contributed by atoms with Crippen molar-refractivity contribution in [3.8, 4) is 0 Å². The molecule has 0 radical (unpaired) electrons. The van der Waals surface area contributed by atoms with Crippen LogP contribution >= 0.6 is 11.6 Å². The first-order valence-electron chi connectivity index (χ1n) is 5.06. The third kappa shape index (κ3) is 4.49. The topological polar surface area (TPSA) is 84.2 Å². The lowest BCUT2D eigenvalue weighted by Gasteiger charge is -2.10. The summed E-state index contributed by atoms with van der Waals surface area (Å²) in [6.45, 7) is 1.48. The summed E-state index contributed by atoms with van der Waals surface area (Å²) in [5.41, 5.74) is -0.167. The zero-order valence-corrected chi connectivity index (χ0v) is 10.4. The van der Waals surface area contributed by atoms with Crippen molar-refractivity contribution >= 4 is 23.1 Å². The van der Waals surface area contributed by atoms with Crippen molar-refractivity contribution in [2.24, 2.45) is 0 Å². The second-order valence-corrected chi connectivity index (χ2v) is 4.05. The summed E-state index contributed by atoms with van der Waals surface area (Å²) in [4.78, 5) is 19.6. The maximum atomic E-state index is 10.7. The molecule has 0 fully saturated rings. The van der Waals surface area contributed by atoms with Crippen molar-refractivity contribution in [3.63, 3.8) is 0 Å². The standard InChI is InChI=1S/C9H14ClN5O2/c1-14(2)5-3-4-11-8-7(15(16)17)6-12-9(10)13-8/h6H,3-5H2,1-2H3,(H,11,12,13). The molecule has 1 rings (SSSR count). The number of hydrogen-bond donors (Lipinski definition) is 1. The van der Waals surface area contributed by atoms with Crippen LogP contribution in [0.4, 0.5) is 11.5 Å². The summed E-state index contributed by atoms with van der Waals surface area (Å²) in [5.74, 6) is 0.161. The van der Waals surface area contributed by atoms with Gasteiger partial charge in [-0.15, -0.1) is 0 Å². The van der Waals surface area contributed by atoms with E-state index in [0.717, 1.165) is 19.2 Å². The molecule has 1 heterocycles. The fourth-order valence-corrected chi connectivity index (χ4v) is 1.35. The third-order valence-corrected chi connectivity index (χ3v) is 2.19. The van der Waals surface area contributed by atoms with Crippen LogP contribution in [0.2, 0.25) is 5.28 Å². The predicted molar refractivity (Wildman–Crippen MR) is 65.4 cm³/mol. The Bertz CT molecular complexity index is 399. The van der Waals surface area contributed by atoms with Crippen LogP contribution < -0.4 is 5.32 Å². The van der Waals surface area contributed by atoms with Crippen LogP contribution in [0.3, 0.4) is 0 Å². The molecule has 0 aromatic carbocycles. The van der Waals surface area contributed by atoms with Gasteiger partial charge in [0.05, 0.1) is 4.92 Å². The van der Waals surface area contributed by atoms with E-state index in [1.54, 1.807) is 0 Å². The van der Waals surface area contributed by atoms with Crippen molar-refractivity contribution in [3.05, 3.63) is 21.6 Å². The van der Waals surface area contributed by atoms with Crippen molar-refractivity contribution in [1.82, 2.24) is 14.9 Å². The van der Waals surface area contributed by atoms with Crippen LogP contribution in [0, 0.1) is 10.1 Å². The number of nitro groups is 1. The average Bonchev–Trinajstić information content (AvgIpc) is 2.23. The van der Waals surface area contributed by atoms with E-state index in [2.05, 4.69) is 15.3 Å². The van der Waals surface area contributed by atoms with E-state index in [4.69, 9.17) is 11.6 Å². The highest BCUT2D eigenvalue weighted by Crippen LogP contribution is 2.21. The Labute approximate surface area is 104 Å². The highest BCUT2D eigenvalue weighted by Gasteiger charge is 2.16. The van der Waals surface area contributed by atoms with E-state index in [9.17, 15) is 10.1 Å². The maximum absolute atomic E-state index is 10.7.